The van der Waals surface area contributed by atoms with Crippen LogP contribution in [-0.2, 0) is 19.1 Å². The van der Waals surface area contributed by atoms with Crippen molar-refractivity contribution in [2.24, 2.45) is 5.73 Å². The fourth-order valence-electron chi connectivity index (χ4n) is 3.61. The van der Waals surface area contributed by atoms with E-state index < -0.39 is 17.9 Å². The number of rotatable bonds is 5. The van der Waals surface area contributed by atoms with Gasteiger partial charge in [0.15, 0.2) is 5.75 Å². The largest absolute Gasteiger partial charge is 0.505 e. The lowest BCUT2D eigenvalue weighted by molar-refractivity contribution is -0.139. The number of nitrogens with two attached hydrogens (primary N) is 1. The van der Waals surface area contributed by atoms with Crippen LogP contribution < -0.4 is 15.4 Å². The Morgan fingerprint density at radius 3 is 2.30 bits per heavy atom. The predicted molar refractivity (Wildman–Crippen MR) is 122 cm³/mol. The van der Waals surface area contributed by atoms with Crippen molar-refractivity contribution in [3.05, 3.63) is 75.2 Å². The van der Waals surface area contributed by atoms with Gasteiger partial charge in [-0.2, -0.15) is 5.26 Å². The first kappa shape index (κ1) is 23.7. The summed E-state index contributed by atoms with van der Waals surface area (Å²) >= 11 is 3.23. The Hall–Kier alpha value is -3.97. The summed E-state index contributed by atoms with van der Waals surface area (Å²) in [4.78, 5) is 27.1. The Kier molecular flexibility index (Phi) is 6.94. The molecule has 0 radical (unpaired) electrons. The van der Waals surface area contributed by atoms with Gasteiger partial charge >= 0.3 is 11.9 Å². The number of carbonyl (C=O) groups is 2. The highest BCUT2D eigenvalue weighted by Crippen LogP contribution is 2.47. The van der Waals surface area contributed by atoms with E-state index in [2.05, 4.69) is 15.9 Å². The molecular weight excluding hydrogens is 494 g/mol. The Balaban J connectivity index is 2.47. The summed E-state index contributed by atoms with van der Waals surface area (Å²) in [5.74, 6) is -2.96. The van der Waals surface area contributed by atoms with E-state index in [1.165, 1.54) is 19.2 Å². The molecule has 2 aromatic carbocycles. The molecule has 170 valence electrons. The van der Waals surface area contributed by atoms with Crippen molar-refractivity contribution < 1.29 is 28.9 Å². The third-order valence-corrected chi connectivity index (χ3v) is 5.71. The van der Waals surface area contributed by atoms with Crippen LogP contribution in [0, 0.1) is 11.3 Å². The van der Waals surface area contributed by atoms with Gasteiger partial charge in [0.05, 0.1) is 54.6 Å². The number of allylic oxidation sites excluding steroid dienone is 1. The quantitative estimate of drug-likeness (QED) is 0.577. The van der Waals surface area contributed by atoms with E-state index in [1.807, 2.05) is 6.07 Å². The molecule has 9 nitrogen and oxygen atoms in total. The van der Waals surface area contributed by atoms with Crippen LogP contribution in [0.1, 0.15) is 11.5 Å². The van der Waals surface area contributed by atoms with Crippen molar-refractivity contribution >= 4 is 33.6 Å². The third-order valence-electron chi connectivity index (χ3n) is 5.10. The first-order valence-electron chi connectivity index (χ1n) is 9.52. The van der Waals surface area contributed by atoms with Crippen molar-refractivity contribution in [1.29, 1.82) is 5.26 Å². The van der Waals surface area contributed by atoms with E-state index in [1.54, 1.807) is 30.3 Å². The topological polar surface area (TPSA) is 135 Å². The van der Waals surface area contributed by atoms with Gasteiger partial charge in [-0.25, -0.2) is 9.59 Å². The van der Waals surface area contributed by atoms with Gasteiger partial charge in [0.2, 0.25) is 0 Å². The molecule has 3 rings (SSSR count). The number of methoxy groups -OCH3 is 3. The molecule has 1 aliphatic rings. The summed E-state index contributed by atoms with van der Waals surface area (Å²) in [6.45, 7) is 0. The lowest BCUT2D eigenvalue weighted by Gasteiger charge is -2.36. The molecule has 0 bridgehead atoms. The van der Waals surface area contributed by atoms with Gasteiger partial charge in [-0.15, -0.1) is 0 Å². The number of esters is 2. The van der Waals surface area contributed by atoms with Crippen molar-refractivity contribution in [3.63, 3.8) is 0 Å². The SMILES string of the molecule is COC(=O)C1=C(C(=O)OC)N(c2cc(OC)cc(Br)c2O)C(N)=C(C#N)C1c1ccccc1. The fourth-order valence-corrected chi connectivity index (χ4v) is 4.04. The van der Waals surface area contributed by atoms with Gasteiger partial charge in [-0.05, 0) is 27.6 Å². The summed E-state index contributed by atoms with van der Waals surface area (Å²) in [5, 5.41) is 20.8. The van der Waals surface area contributed by atoms with E-state index in [-0.39, 0.29) is 38.6 Å². The molecule has 1 unspecified atom stereocenters. The number of hydrogen-bond donors (Lipinski definition) is 2. The molecule has 0 fully saturated rings. The summed E-state index contributed by atoms with van der Waals surface area (Å²) in [7, 11) is 3.71. The molecule has 0 aliphatic carbocycles. The number of phenolic OH excluding ortho intramolecular Hbond substituents is 1. The fraction of sp³-hybridized carbons (Fsp3) is 0.174. The average Bonchev–Trinajstić information content (AvgIpc) is 2.84. The van der Waals surface area contributed by atoms with Gasteiger partial charge < -0.3 is 25.1 Å². The number of halogens is 1. The first-order valence-corrected chi connectivity index (χ1v) is 10.3. The lowest BCUT2D eigenvalue weighted by atomic mass is 9.81. The molecular formula is C23H20BrN3O6. The van der Waals surface area contributed by atoms with Gasteiger partial charge in [0.1, 0.15) is 17.3 Å². The smallest absolute Gasteiger partial charge is 0.355 e. The van der Waals surface area contributed by atoms with E-state index in [4.69, 9.17) is 19.9 Å². The number of hydrogen-bond acceptors (Lipinski definition) is 9. The van der Waals surface area contributed by atoms with Crippen molar-refractivity contribution in [2.75, 3.05) is 26.2 Å². The normalized spacial score (nSPS) is 15.7. The van der Waals surface area contributed by atoms with Gasteiger partial charge in [0.25, 0.3) is 0 Å². The minimum atomic E-state index is -1.01. The molecule has 2 aromatic rings. The van der Waals surface area contributed by atoms with Crippen LogP contribution in [0.4, 0.5) is 5.69 Å². The molecule has 0 amide bonds. The van der Waals surface area contributed by atoms with E-state index in [0.29, 0.717) is 11.3 Å². The summed E-state index contributed by atoms with van der Waals surface area (Å²) < 4.78 is 15.4. The Morgan fingerprint density at radius 2 is 1.76 bits per heavy atom. The number of aromatic hydroxyl groups is 1. The zero-order valence-corrected chi connectivity index (χ0v) is 19.5. The Bertz CT molecular complexity index is 1220. The monoisotopic (exact) mass is 513 g/mol. The standard InChI is InChI=1S/C23H20BrN3O6/c1-31-13-9-15(24)20(28)16(10-13)27-19(23(30)33-3)18(22(29)32-2)17(14(11-25)21(27)26)12-7-5-4-6-8-12/h4-10,17,28H,26H2,1-3H3. The van der Waals surface area contributed by atoms with Gasteiger partial charge in [0, 0.05) is 6.07 Å². The first-order chi connectivity index (χ1) is 15.8. The minimum absolute atomic E-state index is 0.0141. The average molecular weight is 514 g/mol. The van der Waals surface area contributed by atoms with Crippen molar-refractivity contribution in [2.45, 2.75) is 5.92 Å². The number of phenols is 1. The molecule has 1 heterocycles. The van der Waals surface area contributed by atoms with Crippen LogP contribution in [0.3, 0.4) is 0 Å². The molecule has 0 saturated carbocycles. The zero-order valence-electron chi connectivity index (χ0n) is 18.0. The van der Waals surface area contributed by atoms with Crippen molar-refractivity contribution in [1.82, 2.24) is 0 Å². The second-order valence-electron chi connectivity index (χ2n) is 6.81. The number of carbonyl (C=O) groups excluding carboxylic acids is 2. The maximum atomic E-state index is 13.0. The highest BCUT2D eigenvalue weighted by molar-refractivity contribution is 9.10. The molecule has 1 aliphatic heterocycles. The van der Waals surface area contributed by atoms with Crippen LogP contribution in [0.15, 0.2) is 69.6 Å². The number of nitriles is 1. The second-order valence-corrected chi connectivity index (χ2v) is 7.67. The van der Waals surface area contributed by atoms with Crippen LogP contribution in [0.2, 0.25) is 0 Å². The number of benzene rings is 2. The second kappa shape index (κ2) is 9.67. The summed E-state index contributed by atoms with van der Waals surface area (Å²) in [5.41, 5.74) is 6.45. The van der Waals surface area contributed by atoms with Crippen molar-refractivity contribution in [3.8, 4) is 17.6 Å². The highest BCUT2D eigenvalue weighted by atomic mass is 79.9. The maximum absolute atomic E-state index is 13.0. The van der Waals surface area contributed by atoms with Gasteiger partial charge in [-0.3, -0.25) is 4.90 Å². The van der Waals surface area contributed by atoms with E-state index in [9.17, 15) is 20.0 Å². The molecule has 3 N–H and O–H groups in total. The minimum Gasteiger partial charge on any atom is -0.505 e. The highest BCUT2D eigenvalue weighted by Gasteiger charge is 2.43. The number of nitrogens with zero attached hydrogens (tertiary/aromatic N) is 2. The zero-order chi connectivity index (χ0) is 24.3. The molecule has 1 atom stereocenters. The van der Waals surface area contributed by atoms with E-state index >= 15 is 0 Å². The molecule has 33 heavy (non-hydrogen) atoms. The third kappa shape index (κ3) is 4.10. The number of anilines is 1. The summed E-state index contributed by atoms with van der Waals surface area (Å²) in [6.07, 6.45) is 0. The van der Waals surface area contributed by atoms with Crippen LogP contribution in [-0.4, -0.2) is 38.4 Å². The molecule has 10 heteroatoms. The Labute approximate surface area is 198 Å². The summed E-state index contributed by atoms with van der Waals surface area (Å²) in [6, 6.07) is 13.6. The van der Waals surface area contributed by atoms with Crippen LogP contribution in [0.25, 0.3) is 0 Å². The molecule has 0 saturated heterocycles. The molecule has 0 aromatic heterocycles. The maximum Gasteiger partial charge on any atom is 0.355 e. The van der Waals surface area contributed by atoms with Crippen LogP contribution in [0.5, 0.6) is 11.5 Å². The molecule has 0 spiro atoms. The van der Waals surface area contributed by atoms with Gasteiger partial charge in [-0.1, -0.05) is 30.3 Å². The Morgan fingerprint density at radius 1 is 1.12 bits per heavy atom. The number of ether oxygens (including phenoxy) is 3. The van der Waals surface area contributed by atoms with E-state index in [0.717, 1.165) is 19.1 Å². The lowest BCUT2D eigenvalue weighted by Crippen LogP contribution is -2.40. The predicted octanol–water partition coefficient (Wildman–Crippen LogP) is 3.06. The van der Waals surface area contributed by atoms with Crippen LogP contribution >= 0.6 is 15.9 Å².